The number of carbonyl (C=O) groups excluding carboxylic acids is 2. The monoisotopic (exact) mass is 394 g/mol. The lowest BCUT2D eigenvalue weighted by Crippen LogP contribution is -2.38. The molecule has 0 spiro atoms. The first-order chi connectivity index (χ1) is 13.6. The topological polar surface area (TPSA) is 58.6 Å². The van der Waals surface area contributed by atoms with Crippen LogP contribution in [0, 0.1) is 13.8 Å². The molecule has 29 heavy (non-hydrogen) atoms. The Balaban J connectivity index is 1.74. The number of rotatable bonds is 5. The van der Waals surface area contributed by atoms with E-state index in [0.29, 0.717) is 13.2 Å². The molecule has 1 N–H and O–H groups in total. The van der Waals surface area contributed by atoms with E-state index in [1.165, 1.54) is 12.5 Å². The fourth-order valence-corrected chi connectivity index (χ4v) is 3.85. The first-order valence-corrected chi connectivity index (χ1v) is 10.0. The van der Waals surface area contributed by atoms with Gasteiger partial charge in [0.05, 0.1) is 12.2 Å². The molecular weight excluding hydrogens is 364 g/mol. The van der Waals surface area contributed by atoms with Crippen LogP contribution < -0.4 is 15.0 Å². The second-order valence-corrected chi connectivity index (χ2v) is 8.77. The average Bonchev–Trinajstić information content (AvgIpc) is 2.87. The number of ether oxygens (including phenoxy) is 1. The van der Waals surface area contributed by atoms with E-state index in [-0.39, 0.29) is 17.2 Å². The van der Waals surface area contributed by atoms with Crippen molar-refractivity contribution < 1.29 is 14.3 Å². The minimum absolute atomic E-state index is 0.0958. The van der Waals surface area contributed by atoms with Crippen LogP contribution in [0.4, 0.5) is 5.69 Å². The Morgan fingerprint density at radius 3 is 2.38 bits per heavy atom. The normalized spacial score (nSPS) is 16.0. The quantitative estimate of drug-likeness (QED) is 0.827. The number of nitrogens with one attached hydrogen (secondary N) is 1. The molecule has 0 fully saturated rings. The molecule has 1 aliphatic heterocycles. The van der Waals surface area contributed by atoms with Crippen molar-refractivity contribution in [2.75, 3.05) is 18.1 Å². The summed E-state index contributed by atoms with van der Waals surface area (Å²) < 4.78 is 5.90. The van der Waals surface area contributed by atoms with Gasteiger partial charge in [-0.05, 0) is 42.5 Å². The van der Waals surface area contributed by atoms with E-state index in [4.69, 9.17) is 4.74 Å². The number of benzene rings is 2. The summed E-state index contributed by atoms with van der Waals surface area (Å²) in [5, 5.41) is 2.79. The van der Waals surface area contributed by atoms with Gasteiger partial charge in [0.1, 0.15) is 18.4 Å². The van der Waals surface area contributed by atoms with Gasteiger partial charge in [-0.25, -0.2) is 0 Å². The van der Waals surface area contributed by atoms with Gasteiger partial charge in [0.25, 0.3) is 5.91 Å². The fourth-order valence-electron chi connectivity index (χ4n) is 3.85. The maximum absolute atomic E-state index is 13.0. The third-order valence-electron chi connectivity index (χ3n) is 5.22. The van der Waals surface area contributed by atoms with Crippen molar-refractivity contribution in [3.63, 3.8) is 0 Å². The number of anilines is 1. The van der Waals surface area contributed by atoms with Crippen LogP contribution in [0.25, 0.3) is 0 Å². The molecule has 0 aliphatic carbocycles. The molecule has 154 valence electrons. The van der Waals surface area contributed by atoms with Gasteiger partial charge in [0, 0.05) is 12.5 Å². The first kappa shape index (κ1) is 20.9. The lowest BCUT2D eigenvalue weighted by Gasteiger charge is -2.21. The Morgan fingerprint density at radius 1 is 1.14 bits per heavy atom. The molecule has 1 heterocycles. The number of aryl methyl sites for hydroxylation is 2. The van der Waals surface area contributed by atoms with Crippen molar-refractivity contribution in [1.82, 2.24) is 5.32 Å². The molecule has 2 aromatic carbocycles. The van der Waals surface area contributed by atoms with Gasteiger partial charge in [-0.3, -0.25) is 9.59 Å². The molecular formula is C24H30N2O3. The van der Waals surface area contributed by atoms with Gasteiger partial charge in [-0.2, -0.15) is 0 Å². The Bertz CT molecular complexity index is 926. The number of fused-ring (bicyclic) bond motifs is 1. The Kier molecular flexibility index (Phi) is 5.69. The van der Waals surface area contributed by atoms with Crippen LogP contribution >= 0.6 is 0 Å². The van der Waals surface area contributed by atoms with Crippen molar-refractivity contribution in [2.45, 2.75) is 53.0 Å². The van der Waals surface area contributed by atoms with E-state index < -0.39 is 6.04 Å². The van der Waals surface area contributed by atoms with Crippen molar-refractivity contribution in [3.8, 4) is 5.75 Å². The van der Waals surface area contributed by atoms with Gasteiger partial charge >= 0.3 is 0 Å². The van der Waals surface area contributed by atoms with Crippen LogP contribution in [-0.4, -0.2) is 25.0 Å². The SMILES string of the molecule is CC(=O)NC1C(=O)N(CCOc2ccc(C(C)(C)C)cc2)c2c(C)cc(C)cc21. The number of carbonyl (C=O) groups is 2. The highest BCUT2D eigenvalue weighted by Crippen LogP contribution is 2.39. The summed E-state index contributed by atoms with van der Waals surface area (Å²) in [7, 11) is 0. The number of amides is 2. The molecule has 1 unspecified atom stereocenters. The van der Waals surface area contributed by atoms with Crippen LogP contribution in [0.5, 0.6) is 5.75 Å². The van der Waals surface area contributed by atoms with Gasteiger partial charge in [0.2, 0.25) is 5.91 Å². The summed E-state index contributed by atoms with van der Waals surface area (Å²) in [6.07, 6.45) is 0. The number of nitrogens with zero attached hydrogens (tertiary/aromatic N) is 1. The predicted molar refractivity (Wildman–Crippen MR) is 115 cm³/mol. The van der Waals surface area contributed by atoms with Crippen LogP contribution in [-0.2, 0) is 15.0 Å². The highest BCUT2D eigenvalue weighted by atomic mass is 16.5. The highest BCUT2D eigenvalue weighted by molar-refractivity contribution is 6.07. The van der Waals surface area contributed by atoms with E-state index in [9.17, 15) is 9.59 Å². The predicted octanol–water partition coefficient (Wildman–Crippen LogP) is 4.20. The standard InChI is InChI=1S/C24H30N2O3/c1-15-13-16(2)22-20(14-15)21(25-17(3)27)23(28)26(22)11-12-29-19-9-7-18(8-10-19)24(4,5)6/h7-10,13-14,21H,11-12H2,1-6H3,(H,25,27). The van der Waals surface area contributed by atoms with Crippen LogP contribution in [0.15, 0.2) is 36.4 Å². The number of hydrogen-bond acceptors (Lipinski definition) is 3. The number of hydrogen-bond donors (Lipinski definition) is 1. The minimum Gasteiger partial charge on any atom is -0.492 e. The van der Waals surface area contributed by atoms with Crippen LogP contribution in [0.2, 0.25) is 0 Å². The van der Waals surface area contributed by atoms with Crippen molar-refractivity contribution in [3.05, 3.63) is 58.7 Å². The summed E-state index contributed by atoms with van der Waals surface area (Å²) >= 11 is 0. The Hall–Kier alpha value is -2.82. The summed E-state index contributed by atoms with van der Waals surface area (Å²) in [6.45, 7) is 12.7. The lowest BCUT2D eigenvalue weighted by molar-refractivity contribution is -0.126. The van der Waals surface area contributed by atoms with Crippen LogP contribution in [0.1, 0.15) is 56.0 Å². The lowest BCUT2D eigenvalue weighted by atomic mass is 9.87. The van der Waals surface area contributed by atoms with Crippen molar-refractivity contribution in [1.29, 1.82) is 0 Å². The zero-order valence-corrected chi connectivity index (χ0v) is 18.1. The molecule has 0 bridgehead atoms. The van der Waals surface area contributed by atoms with E-state index in [1.54, 1.807) is 4.90 Å². The summed E-state index contributed by atoms with van der Waals surface area (Å²) in [5.41, 5.74) is 5.18. The van der Waals surface area contributed by atoms with Crippen LogP contribution in [0.3, 0.4) is 0 Å². The van der Waals surface area contributed by atoms with Gasteiger partial charge in [-0.15, -0.1) is 0 Å². The molecule has 1 aliphatic rings. The molecule has 2 aromatic rings. The van der Waals surface area contributed by atoms with Gasteiger partial charge in [0.15, 0.2) is 0 Å². The van der Waals surface area contributed by atoms with E-state index in [0.717, 1.165) is 28.1 Å². The van der Waals surface area contributed by atoms with E-state index >= 15 is 0 Å². The molecule has 0 saturated carbocycles. The third kappa shape index (κ3) is 4.44. The fraction of sp³-hybridized carbons (Fsp3) is 0.417. The Morgan fingerprint density at radius 2 is 1.79 bits per heavy atom. The maximum atomic E-state index is 13.0. The van der Waals surface area contributed by atoms with Crippen molar-refractivity contribution in [2.24, 2.45) is 0 Å². The first-order valence-electron chi connectivity index (χ1n) is 10.0. The van der Waals surface area contributed by atoms with Gasteiger partial charge < -0.3 is 15.0 Å². The summed E-state index contributed by atoms with van der Waals surface area (Å²) in [6, 6.07) is 11.5. The molecule has 3 rings (SSSR count). The molecule has 1 atom stereocenters. The third-order valence-corrected chi connectivity index (χ3v) is 5.22. The minimum atomic E-state index is -0.632. The molecule has 5 heteroatoms. The summed E-state index contributed by atoms with van der Waals surface area (Å²) in [4.78, 5) is 26.4. The molecule has 0 aromatic heterocycles. The average molecular weight is 395 g/mol. The van der Waals surface area contributed by atoms with Gasteiger partial charge in [-0.1, -0.05) is 50.6 Å². The van der Waals surface area contributed by atoms with Crippen molar-refractivity contribution >= 4 is 17.5 Å². The van der Waals surface area contributed by atoms with E-state index in [1.807, 2.05) is 32.0 Å². The molecule has 0 saturated heterocycles. The summed E-state index contributed by atoms with van der Waals surface area (Å²) in [5.74, 6) is 0.449. The zero-order valence-electron chi connectivity index (χ0n) is 18.1. The molecule has 2 amide bonds. The largest absolute Gasteiger partial charge is 0.492 e. The second-order valence-electron chi connectivity index (χ2n) is 8.77. The highest BCUT2D eigenvalue weighted by Gasteiger charge is 2.38. The zero-order chi connectivity index (χ0) is 21.3. The smallest absolute Gasteiger partial charge is 0.254 e. The molecule has 5 nitrogen and oxygen atoms in total. The van der Waals surface area contributed by atoms with E-state index in [2.05, 4.69) is 44.3 Å². The maximum Gasteiger partial charge on any atom is 0.254 e. The Labute approximate surface area is 173 Å². The second kappa shape index (κ2) is 7.90. The molecule has 0 radical (unpaired) electrons.